The lowest BCUT2D eigenvalue weighted by molar-refractivity contribution is -0.123. The molecule has 1 N–H and O–H groups in total. The van der Waals surface area contributed by atoms with Gasteiger partial charge in [-0.15, -0.1) is 0 Å². The van der Waals surface area contributed by atoms with Crippen molar-refractivity contribution in [3.05, 3.63) is 65.7 Å². The van der Waals surface area contributed by atoms with Crippen LogP contribution >= 0.6 is 0 Å². The van der Waals surface area contributed by atoms with Gasteiger partial charge in [0.05, 0.1) is 6.21 Å². The zero-order valence-electron chi connectivity index (χ0n) is 15.7. The van der Waals surface area contributed by atoms with Crippen LogP contribution in [0.2, 0.25) is 0 Å². The maximum absolute atomic E-state index is 12.4. The van der Waals surface area contributed by atoms with Gasteiger partial charge in [0, 0.05) is 5.92 Å². The van der Waals surface area contributed by atoms with Crippen molar-refractivity contribution >= 4 is 12.1 Å². The molecule has 4 nitrogen and oxygen atoms in total. The highest BCUT2D eigenvalue weighted by molar-refractivity contribution is 5.85. The number of hydrazone groups is 1. The summed E-state index contributed by atoms with van der Waals surface area (Å²) in [6.45, 7) is 2.80. The van der Waals surface area contributed by atoms with E-state index in [1.54, 1.807) is 6.21 Å². The van der Waals surface area contributed by atoms with Crippen molar-refractivity contribution in [3.8, 4) is 5.75 Å². The fourth-order valence-electron chi connectivity index (χ4n) is 4.48. The van der Waals surface area contributed by atoms with Crippen molar-refractivity contribution in [2.24, 2.45) is 22.4 Å². The number of carbonyl (C=O) groups is 1. The van der Waals surface area contributed by atoms with Crippen LogP contribution in [0.5, 0.6) is 5.75 Å². The summed E-state index contributed by atoms with van der Waals surface area (Å²) in [6.07, 6.45) is 6.55. The van der Waals surface area contributed by atoms with Gasteiger partial charge in [0.2, 0.25) is 5.91 Å². The fourth-order valence-corrected chi connectivity index (χ4v) is 4.48. The van der Waals surface area contributed by atoms with Crippen LogP contribution in [0.15, 0.2) is 59.7 Å². The normalized spacial score (nSPS) is 26.4. The Balaban J connectivity index is 1.26. The molecule has 2 aromatic carbocycles. The third kappa shape index (κ3) is 3.90. The van der Waals surface area contributed by atoms with Crippen molar-refractivity contribution < 1.29 is 9.53 Å². The van der Waals surface area contributed by atoms with Crippen molar-refractivity contribution in [1.82, 2.24) is 5.43 Å². The van der Waals surface area contributed by atoms with E-state index in [1.807, 2.05) is 54.6 Å². The Labute approximate surface area is 160 Å². The molecule has 0 aromatic heterocycles. The minimum absolute atomic E-state index is 0.0727. The second-order valence-electron chi connectivity index (χ2n) is 7.91. The van der Waals surface area contributed by atoms with E-state index in [0.29, 0.717) is 12.5 Å². The molecule has 1 amide bonds. The number of fused-ring (bicyclic) bond motifs is 1. The van der Waals surface area contributed by atoms with E-state index in [1.165, 1.54) is 25.7 Å². The van der Waals surface area contributed by atoms with Gasteiger partial charge in [-0.25, -0.2) is 5.43 Å². The van der Waals surface area contributed by atoms with E-state index in [9.17, 15) is 4.79 Å². The van der Waals surface area contributed by atoms with E-state index in [2.05, 4.69) is 17.5 Å². The molecule has 0 saturated heterocycles. The van der Waals surface area contributed by atoms with Gasteiger partial charge in [0.25, 0.3) is 0 Å². The largest absolute Gasteiger partial charge is 0.489 e. The quantitative estimate of drug-likeness (QED) is 0.606. The van der Waals surface area contributed by atoms with Crippen LogP contribution < -0.4 is 10.2 Å². The molecule has 4 heteroatoms. The second kappa shape index (κ2) is 7.55. The first-order chi connectivity index (χ1) is 13.2. The van der Waals surface area contributed by atoms with E-state index < -0.39 is 0 Å². The highest BCUT2D eigenvalue weighted by Gasteiger charge is 2.64. The summed E-state index contributed by atoms with van der Waals surface area (Å²) in [5.41, 5.74) is 5.02. The summed E-state index contributed by atoms with van der Waals surface area (Å²) in [7, 11) is 0. The maximum atomic E-state index is 12.4. The molecule has 0 heterocycles. The molecular weight excluding hydrogens is 336 g/mol. The maximum Gasteiger partial charge on any atom is 0.244 e. The minimum atomic E-state index is 0.0727. The number of nitrogens with one attached hydrogen (secondary N) is 1. The Morgan fingerprint density at radius 1 is 1.19 bits per heavy atom. The number of benzene rings is 2. The smallest absolute Gasteiger partial charge is 0.244 e. The molecule has 0 radical (unpaired) electrons. The zero-order valence-corrected chi connectivity index (χ0v) is 15.7. The molecule has 3 atom stereocenters. The second-order valence-corrected chi connectivity index (χ2v) is 7.91. The van der Waals surface area contributed by atoms with Crippen LogP contribution in [-0.2, 0) is 11.4 Å². The molecule has 0 aliphatic heterocycles. The summed E-state index contributed by atoms with van der Waals surface area (Å²) < 4.78 is 5.78. The van der Waals surface area contributed by atoms with E-state index in [0.717, 1.165) is 16.9 Å². The van der Waals surface area contributed by atoms with Crippen molar-refractivity contribution in [1.29, 1.82) is 0 Å². The van der Waals surface area contributed by atoms with E-state index >= 15 is 0 Å². The average Bonchev–Trinajstić information content (AvgIpc) is 3.33. The lowest BCUT2D eigenvalue weighted by atomic mass is 9.90. The lowest BCUT2D eigenvalue weighted by Crippen LogP contribution is -2.22. The molecular formula is C23H26N2O2. The SMILES string of the molecule is C[C@]12CCCC[C@@H]1[C@@H]2C(=O)N/N=C/c1ccc(OCc2ccccc2)cc1. The molecule has 2 aliphatic carbocycles. The van der Waals surface area contributed by atoms with Crippen LogP contribution in [0.1, 0.15) is 43.7 Å². The summed E-state index contributed by atoms with van der Waals surface area (Å²) >= 11 is 0. The van der Waals surface area contributed by atoms with Gasteiger partial charge < -0.3 is 4.74 Å². The standard InChI is InChI=1S/C23H26N2O2/c1-23-14-6-5-9-20(23)21(23)22(26)25-24-15-17-10-12-19(13-11-17)27-16-18-7-3-2-4-8-18/h2-4,7-8,10-13,15,20-21H,5-6,9,14,16H2,1H3,(H,25,26)/b24-15+/t20-,21-,23+/m1/s1. The number of amides is 1. The van der Waals surface area contributed by atoms with Crippen LogP contribution in [-0.4, -0.2) is 12.1 Å². The molecule has 2 aromatic rings. The Morgan fingerprint density at radius 3 is 2.67 bits per heavy atom. The molecule has 0 bridgehead atoms. The van der Waals surface area contributed by atoms with E-state index in [-0.39, 0.29) is 17.2 Å². The van der Waals surface area contributed by atoms with Crippen molar-refractivity contribution in [2.75, 3.05) is 0 Å². The topological polar surface area (TPSA) is 50.7 Å². The van der Waals surface area contributed by atoms with Gasteiger partial charge in [0.1, 0.15) is 12.4 Å². The van der Waals surface area contributed by atoms with Gasteiger partial charge in [0.15, 0.2) is 0 Å². The Kier molecular flexibility index (Phi) is 4.97. The van der Waals surface area contributed by atoms with Crippen molar-refractivity contribution in [2.45, 2.75) is 39.2 Å². The minimum Gasteiger partial charge on any atom is -0.489 e. The summed E-state index contributed by atoms with van der Waals surface area (Å²) in [5.74, 6) is 1.59. The lowest BCUT2D eigenvalue weighted by Gasteiger charge is -2.15. The average molecular weight is 362 g/mol. The summed E-state index contributed by atoms with van der Waals surface area (Å²) in [6, 6.07) is 17.8. The first kappa shape index (κ1) is 17.8. The first-order valence-corrected chi connectivity index (χ1v) is 9.76. The van der Waals surface area contributed by atoms with Gasteiger partial charge in [-0.3, -0.25) is 4.79 Å². The summed E-state index contributed by atoms with van der Waals surface area (Å²) in [4.78, 5) is 12.4. The number of rotatable bonds is 6. The Hall–Kier alpha value is -2.62. The highest BCUT2D eigenvalue weighted by atomic mass is 16.5. The number of nitrogens with zero attached hydrogens (tertiary/aromatic N) is 1. The first-order valence-electron chi connectivity index (χ1n) is 9.76. The van der Waals surface area contributed by atoms with Gasteiger partial charge >= 0.3 is 0 Å². The number of carbonyl (C=O) groups excluding carboxylic acids is 1. The molecule has 140 valence electrons. The Bertz CT molecular complexity index is 816. The van der Waals surface area contributed by atoms with Gasteiger partial charge in [-0.2, -0.15) is 5.10 Å². The van der Waals surface area contributed by atoms with Gasteiger partial charge in [-0.05, 0) is 59.6 Å². The number of ether oxygens (including phenoxy) is 1. The monoisotopic (exact) mass is 362 g/mol. The summed E-state index contributed by atoms with van der Waals surface area (Å²) in [5, 5.41) is 4.15. The van der Waals surface area contributed by atoms with E-state index in [4.69, 9.17) is 4.74 Å². The molecule has 27 heavy (non-hydrogen) atoms. The van der Waals surface area contributed by atoms with Crippen LogP contribution in [0.3, 0.4) is 0 Å². The molecule has 2 aliphatic rings. The predicted octanol–water partition coefficient (Wildman–Crippen LogP) is 4.54. The molecule has 4 rings (SSSR count). The van der Waals surface area contributed by atoms with Crippen LogP contribution in [0, 0.1) is 17.3 Å². The zero-order chi connectivity index (χ0) is 18.7. The molecule has 2 fully saturated rings. The van der Waals surface area contributed by atoms with Gasteiger partial charge in [-0.1, -0.05) is 50.1 Å². The molecule has 2 saturated carbocycles. The number of hydrogen-bond donors (Lipinski definition) is 1. The van der Waals surface area contributed by atoms with Crippen LogP contribution in [0.25, 0.3) is 0 Å². The molecule has 0 spiro atoms. The third-order valence-electron chi connectivity index (χ3n) is 6.13. The highest BCUT2D eigenvalue weighted by Crippen LogP contribution is 2.66. The number of hydrogen-bond acceptors (Lipinski definition) is 3. The predicted molar refractivity (Wildman–Crippen MR) is 107 cm³/mol. The fraction of sp³-hybridized carbons (Fsp3) is 0.391. The van der Waals surface area contributed by atoms with Crippen molar-refractivity contribution in [3.63, 3.8) is 0 Å². The molecule has 0 unspecified atom stereocenters. The Morgan fingerprint density at radius 2 is 1.96 bits per heavy atom. The third-order valence-corrected chi connectivity index (χ3v) is 6.13. The van der Waals surface area contributed by atoms with Crippen LogP contribution in [0.4, 0.5) is 0 Å².